The first-order valence-corrected chi connectivity index (χ1v) is 2.36. The van der Waals surface area contributed by atoms with Gasteiger partial charge in [0.05, 0.1) is 6.08 Å². The zero-order valence-corrected chi connectivity index (χ0v) is 4.05. The van der Waals surface area contributed by atoms with E-state index in [1.54, 1.807) is 18.6 Å². The summed E-state index contributed by atoms with van der Waals surface area (Å²) in [7, 11) is 0.159. The highest BCUT2D eigenvalue weighted by Crippen LogP contribution is 1.74. The van der Waals surface area contributed by atoms with Crippen molar-refractivity contribution in [3.05, 3.63) is 12.3 Å². The van der Waals surface area contributed by atoms with Crippen molar-refractivity contribution < 1.29 is 8.54 Å². The average molecular weight is 99.1 g/mol. The fourth-order valence-corrected chi connectivity index (χ4v) is 0.518. The largest absolute Gasteiger partial charge is 0.635 e. The predicted octanol–water partition coefficient (Wildman–Crippen LogP) is -0.201. The molecule has 6 heavy (non-hydrogen) atoms. The molecule has 0 amide bonds. The Bertz CT molecular complexity index is 74.8. The molecule has 1 aliphatic heterocycles. The lowest BCUT2D eigenvalue weighted by Gasteiger charge is -1.97. The number of hydrogen-bond donors (Lipinski definition) is 0. The second-order valence-electron chi connectivity index (χ2n) is 0.784. The summed E-state index contributed by atoms with van der Waals surface area (Å²) in [5.41, 5.74) is 0. The van der Waals surface area contributed by atoms with E-state index in [0.29, 0.717) is 0 Å². The van der Waals surface area contributed by atoms with Gasteiger partial charge in [-0.2, -0.15) is 0 Å². The van der Waals surface area contributed by atoms with Gasteiger partial charge in [0.1, 0.15) is 0 Å². The lowest BCUT2D eigenvalue weighted by Crippen LogP contribution is -1.97. The van der Waals surface area contributed by atoms with Gasteiger partial charge < -0.3 is 8.54 Å². The molecule has 0 aromatic heterocycles. The normalized spacial score (nSPS) is 16.0. The Balaban J connectivity index is 2.46. The summed E-state index contributed by atoms with van der Waals surface area (Å²) in [5.74, 6) is 0. The zero-order chi connectivity index (χ0) is 4.24. The number of carbonyl (C=O) groups excluding carboxylic acids is 1. The van der Waals surface area contributed by atoms with Gasteiger partial charge in [0.15, 0.2) is 0 Å². The molecule has 0 aromatic rings. The third-order valence-corrected chi connectivity index (χ3v) is 0.854. The third-order valence-electron chi connectivity index (χ3n) is 0.389. The molecule has 3 heteroatoms. The molecule has 1 aliphatic rings. The van der Waals surface area contributed by atoms with Gasteiger partial charge in [-0.1, -0.05) is 0 Å². The van der Waals surface area contributed by atoms with Crippen LogP contribution in [0.3, 0.4) is 0 Å². The number of hydrogen-bond acceptors (Lipinski definition) is 1. The molecule has 0 unspecified atom stereocenters. The minimum Gasteiger partial charge on any atom is -0.635 e. The van der Waals surface area contributed by atoms with Gasteiger partial charge in [0, 0.05) is 6.26 Å². The summed E-state index contributed by atoms with van der Waals surface area (Å²) in [4.78, 5) is 0. The van der Waals surface area contributed by atoms with Crippen LogP contribution < -0.4 is 0 Å². The second kappa shape index (κ2) is 1.77. The van der Waals surface area contributed by atoms with E-state index in [9.17, 15) is 0 Å². The molecule has 31 valence electrons. The van der Waals surface area contributed by atoms with E-state index in [0.717, 1.165) is 0 Å². The molecule has 1 radical (unpaired) electrons. The van der Waals surface area contributed by atoms with Gasteiger partial charge in [0.25, 0.3) is 0 Å². The lowest BCUT2D eigenvalue weighted by atomic mass is 10.7. The van der Waals surface area contributed by atoms with Crippen LogP contribution in [0.5, 0.6) is 0 Å². The van der Waals surface area contributed by atoms with E-state index in [1.807, 2.05) is 0 Å². The van der Waals surface area contributed by atoms with E-state index < -0.39 is 0 Å². The van der Waals surface area contributed by atoms with Crippen LogP contribution in [0.2, 0.25) is 0 Å². The van der Waals surface area contributed by atoms with Gasteiger partial charge in [-0.15, -0.1) is 0 Å². The quantitative estimate of drug-likeness (QED) is 0.234. The van der Waals surface area contributed by atoms with Crippen molar-refractivity contribution in [3.8, 4) is 0 Å². The molecule has 2 nitrogen and oxygen atoms in total. The topological polar surface area (TPSA) is 20.5 Å². The van der Waals surface area contributed by atoms with Crippen LogP contribution in [0.1, 0.15) is 0 Å². The van der Waals surface area contributed by atoms with Crippen LogP contribution >= 0.6 is 0 Å². The van der Waals surface area contributed by atoms with Crippen LogP contribution in [0.25, 0.3) is 0 Å². The highest BCUT2D eigenvalue weighted by molar-refractivity contribution is 6.16. The Hall–Kier alpha value is -0.573. The molecule has 0 fully saturated rings. The molecule has 0 bridgehead atoms. The molecule has 1 heterocycles. The molecule has 0 N–H and O–H groups in total. The highest BCUT2D eigenvalue weighted by atomic mass is 28.2. The first-order valence-electron chi connectivity index (χ1n) is 1.55. The Morgan fingerprint density at radius 3 is 2.83 bits per heavy atom. The van der Waals surface area contributed by atoms with E-state index in [2.05, 4.69) is 8.54 Å². The molecular formula is C3H3O2Si. The fourth-order valence-electron chi connectivity index (χ4n) is 0.194. The van der Waals surface area contributed by atoms with E-state index >= 15 is 0 Å². The van der Waals surface area contributed by atoms with Crippen molar-refractivity contribution in [1.29, 1.82) is 0 Å². The van der Waals surface area contributed by atoms with Crippen LogP contribution in [0, 0.1) is 0 Å². The zero-order valence-electron chi connectivity index (χ0n) is 3.05. The molecule has 0 saturated heterocycles. The minimum absolute atomic E-state index is 0.159. The number of aldehydes is 1. The summed E-state index contributed by atoms with van der Waals surface area (Å²) in [5, 5.41) is 0. The van der Waals surface area contributed by atoms with Crippen molar-refractivity contribution in [2.75, 3.05) is 0 Å². The summed E-state index contributed by atoms with van der Waals surface area (Å²) in [6, 6.07) is 0. The van der Waals surface area contributed by atoms with Gasteiger partial charge in [0.2, 0.25) is 6.29 Å². The molecular weight excluding hydrogens is 96.1 g/mol. The summed E-state index contributed by atoms with van der Waals surface area (Å²) >= 11 is 0. The van der Waals surface area contributed by atoms with Crippen LogP contribution in [0.4, 0.5) is 0 Å². The monoisotopic (exact) mass is 99.0 g/mol. The summed E-state index contributed by atoms with van der Waals surface area (Å²) in [6.07, 6.45) is 4.90. The van der Waals surface area contributed by atoms with E-state index in [4.69, 9.17) is 0 Å². The number of allylic oxidation sites excluding steroid dienone is 1. The maximum Gasteiger partial charge on any atom is 0.423 e. The van der Waals surface area contributed by atoms with Crippen LogP contribution in [-0.2, 0) is 8.54 Å². The van der Waals surface area contributed by atoms with Gasteiger partial charge >= 0.3 is 10.0 Å². The van der Waals surface area contributed by atoms with Crippen LogP contribution in [0.15, 0.2) is 12.3 Å². The van der Waals surface area contributed by atoms with E-state index in [1.165, 1.54) is 0 Å². The van der Waals surface area contributed by atoms with Crippen molar-refractivity contribution in [1.82, 2.24) is 0 Å². The van der Waals surface area contributed by atoms with Gasteiger partial charge in [-0.3, -0.25) is 0 Å². The van der Waals surface area contributed by atoms with Crippen molar-refractivity contribution in [3.63, 3.8) is 0 Å². The standard InChI is InChI=1S/C3H3O2Si/c1-2-4-6-5-3-1/h1-3H. The Kier molecular flexibility index (Phi) is 1.06. The second-order valence-corrected chi connectivity index (χ2v) is 1.42. The Morgan fingerprint density at radius 2 is 2.67 bits per heavy atom. The van der Waals surface area contributed by atoms with E-state index in [-0.39, 0.29) is 10.0 Å². The van der Waals surface area contributed by atoms with Crippen molar-refractivity contribution in [2.45, 2.75) is 0 Å². The maximum atomic E-state index is 4.66. The molecule has 0 saturated carbocycles. The summed E-state index contributed by atoms with van der Waals surface area (Å²) < 4.78 is 9.33. The van der Waals surface area contributed by atoms with Gasteiger partial charge in [-0.05, 0) is 0 Å². The SMILES string of the molecule is C1=CO[Si-][O+]=C1. The molecule has 1 rings (SSSR count). The molecule has 0 aliphatic carbocycles. The minimum atomic E-state index is 0.159. The highest BCUT2D eigenvalue weighted by Gasteiger charge is 1.80. The first kappa shape index (κ1) is 3.61. The third kappa shape index (κ3) is 0.685. The van der Waals surface area contributed by atoms with Crippen LogP contribution in [-0.4, -0.2) is 16.3 Å². The Morgan fingerprint density at radius 1 is 1.67 bits per heavy atom. The molecule has 0 atom stereocenters. The smallest absolute Gasteiger partial charge is 0.423 e. The number of rotatable bonds is 0. The Labute approximate surface area is 38.2 Å². The first-order chi connectivity index (χ1) is 3.00. The predicted molar refractivity (Wildman–Crippen MR) is 22.0 cm³/mol. The van der Waals surface area contributed by atoms with Crippen molar-refractivity contribution >= 4 is 16.3 Å². The average Bonchev–Trinajstić information content (AvgIpc) is 1.72. The summed E-state index contributed by atoms with van der Waals surface area (Å²) in [6.45, 7) is 0. The van der Waals surface area contributed by atoms with Gasteiger partial charge in [-0.25, -0.2) is 0 Å². The maximum absolute atomic E-state index is 4.66. The van der Waals surface area contributed by atoms with Crippen molar-refractivity contribution in [2.24, 2.45) is 0 Å². The molecule has 0 spiro atoms. The lowest BCUT2D eigenvalue weighted by molar-refractivity contribution is -0.296. The molecule has 0 aromatic carbocycles. The fraction of sp³-hybridized carbons (Fsp3) is 0.